The van der Waals surface area contributed by atoms with Crippen LogP contribution in [0.3, 0.4) is 0 Å². The van der Waals surface area contributed by atoms with Crippen molar-refractivity contribution >= 4 is 22.2 Å². The highest BCUT2D eigenvalue weighted by atomic mass is 32.3. The van der Waals surface area contributed by atoms with E-state index in [1.165, 1.54) is 0 Å². The molecule has 0 aromatic carbocycles. The minimum absolute atomic E-state index is 0. The molecule has 4 N–H and O–H groups in total. The fourth-order valence-electron chi connectivity index (χ4n) is 2.01. The van der Waals surface area contributed by atoms with Gasteiger partial charge >= 0.3 is 16.3 Å². The van der Waals surface area contributed by atoms with Gasteiger partial charge in [-0.25, -0.2) is 4.28 Å². The van der Waals surface area contributed by atoms with Gasteiger partial charge in [-0.05, 0) is 18.7 Å². The zero-order valence-electron chi connectivity index (χ0n) is 11.8. The first kappa shape index (κ1) is 17.4. The van der Waals surface area contributed by atoms with Crippen LogP contribution in [0, 0.1) is 6.92 Å². The number of nitrogen functional groups attached to an aromatic ring is 1. The lowest BCUT2D eigenvalue weighted by Gasteiger charge is -2.32. The topological polar surface area (TPSA) is 143 Å². The van der Waals surface area contributed by atoms with Gasteiger partial charge in [0.2, 0.25) is 5.82 Å². The third kappa shape index (κ3) is 4.39. The second kappa shape index (κ2) is 6.39. The number of nitrogens with zero attached hydrogens (tertiary/aromatic N) is 4. The van der Waals surface area contributed by atoms with Gasteiger partial charge < -0.3 is 15.3 Å². The molecule has 0 bridgehead atoms. The summed E-state index contributed by atoms with van der Waals surface area (Å²) >= 11 is 0. The Labute approximate surface area is 123 Å². The van der Waals surface area contributed by atoms with Crippen molar-refractivity contribution < 1.29 is 27.5 Å². The van der Waals surface area contributed by atoms with Crippen LogP contribution in [0.5, 0.6) is 0 Å². The van der Waals surface area contributed by atoms with E-state index in [-0.39, 0.29) is 11.4 Å². The molecule has 1 aliphatic rings. The highest BCUT2D eigenvalue weighted by Crippen LogP contribution is 2.14. The van der Waals surface area contributed by atoms with E-state index in [0.717, 1.165) is 30.9 Å². The predicted octanol–water partition coefficient (Wildman–Crippen LogP) is -1.93. The molecule has 0 unspecified atom stereocenters. The SMILES string of the molecule is Cc1cc(N2CCN(C)CC2)nc(N)[n+]1OS(=O)(=O)O.[OH-]. The molecule has 1 aromatic rings. The highest BCUT2D eigenvalue weighted by Gasteiger charge is 2.24. The average molecular weight is 321 g/mol. The van der Waals surface area contributed by atoms with E-state index in [4.69, 9.17) is 10.3 Å². The Balaban J connectivity index is 0.00000220. The van der Waals surface area contributed by atoms with Gasteiger partial charge in [-0.15, -0.1) is 0 Å². The molecule has 1 saturated heterocycles. The van der Waals surface area contributed by atoms with E-state index < -0.39 is 10.4 Å². The van der Waals surface area contributed by atoms with Crippen LogP contribution in [0.4, 0.5) is 11.8 Å². The van der Waals surface area contributed by atoms with Crippen LogP contribution in [-0.2, 0) is 10.4 Å². The average Bonchev–Trinajstić information content (AvgIpc) is 2.33. The second-order valence-corrected chi connectivity index (χ2v) is 5.71. The minimum Gasteiger partial charge on any atom is -0.870 e. The summed E-state index contributed by atoms with van der Waals surface area (Å²) in [4.78, 5) is 8.38. The number of nitrogens with two attached hydrogens (primary N) is 1. The van der Waals surface area contributed by atoms with E-state index >= 15 is 0 Å². The van der Waals surface area contributed by atoms with Crippen LogP contribution in [0.15, 0.2) is 6.07 Å². The van der Waals surface area contributed by atoms with E-state index in [1.54, 1.807) is 13.0 Å². The Morgan fingerprint density at radius 2 is 1.95 bits per heavy atom. The van der Waals surface area contributed by atoms with Crippen LogP contribution < -0.4 is 19.6 Å². The summed E-state index contributed by atoms with van der Waals surface area (Å²) in [6.45, 7) is 5.06. The molecule has 0 saturated carbocycles. The van der Waals surface area contributed by atoms with Gasteiger partial charge in [0.05, 0.1) is 0 Å². The first-order chi connectivity index (χ1) is 9.26. The lowest BCUT2D eigenvalue weighted by Crippen LogP contribution is -2.51. The largest absolute Gasteiger partial charge is 0.870 e. The maximum atomic E-state index is 10.7. The molecule has 0 radical (unpaired) electrons. The normalized spacial score (nSPS) is 16.4. The summed E-state index contributed by atoms with van der Waals surface area (Å²) in [6.07, 6.45) is 0. The van der Waals surface area contributed by atoms with Crippen LogP contribution in [-0.4, -0.2) is 61.6 Å². The molecule has 10 nitrogen and oxygen atoms in total. The number of anilines is 2. The van der Waals surface area contributed by atoms with Crippen LogP contribution in [0.2, 0.25) is 0 Å². The van der Waals surface area contributed by atoms with Gasteiger partial charge in [0.25, 0.3) is 0 Å². The minimum atomic E-state index is -4.64. The number of piperazine rings is 1. The first-order valence-corrected chi connectivity index (χ1v) is 7.43. The molecule has 120 valence electrons. The second-order valence-electron chi connectivity index (χ2n) is 4.70. The van der Waals surface area contributed by atoms with Crippen molar-refractivity contribution in [3.63, 3.8) is 0 Å². The molecular weight excluding hydrogens is 302 g/mol. The smallest absolute Gasteiger partial charge is 0.476 e. The Hall–Kier alpha value is -1.69. The summed E-state index contributed by atoms with van der Waals surface area (Å²) in [5.74, 6) is 0.514. The lowest BCUT2D eigenvalue weighted by atomic mass is 10.3. The van der Waals surface area contributed by atoms with Gasteiger partial charge in [0.1, 0.15) is 5.69 Å². The molecule has 21 heavy (non-hydrogen) atoms. The van der Waals surface area contributed by atoms with Crippen LogP contribution in [0.25, 0.3) is 0 Å². The summed E-state index contributed by atoms with van der Waals surface area (Å²) in [6, 6.07) is 1.66. The number of hydrogen-bond donors (Lipinski definition) is 2. The molecule has 0 amide bonds. The molecule has 0 spiro atoms. The third-order valence-corrected chi connectivity index (χ3v) is 3.43. The van der Waals surface area contributed by atoms with Crippen LogP contribution >= 0.6 is 0 Å². The predicted molar refractivity (Wildman–Crippen MR) is 73.4 cm³/mol. The first-order valence-electron chi connectivity index (χ1n) is 6.06. The fourth-order valence-corrected chi connectivity index (χ4v) is 2.39. The molecule has 1 aromatic heterocycles. The highest BCUT2D eigenvalue weighted by molar-refractivity contribution is 7.80. The summed E-state index contributed by atoms with van der Waals surface area (Å²) < 4.78 is 35.3. The van der Waals surface area contributed by atoms with Crippen molar-refractivity contribution in [2.24, 2.45) is 0 Å². The molecule has 0 atom stereocenters. The molecular formula is C10H19N5O5S. The van der Waals surface area contributed by atoms with E-state index in [9.17, 15) is 8.42 Å². The van der Waals surface area contributed by atoms with E-state index in [1.807, 2.05) is 7.05 Å². The van der Waals surface area contributed by atoms with Crippen molar-refractivity contribution in [3.05, 3.63) is 11.8 Å². The van der Waals surface area contributed by atoms with Crippen molar-refractivity contribution in [3.8, 4) is 0 Å². The quantitative estimate of drug-likeness (QED) is 0.480. The number of hydrogen-bond acceptors (Lipinski definition) is 8. The lowest BCUT2D eigenvalue weighted by molar-refractivity contribution is -0.851. The van der Waals surface area contributed by atoms with Gasteiger partial charge in [0.15, 0.2) is 0 Å². The number of rotatable bonds is 3. The summed E-state index contributed by atoms with van der Waals surface area (Å²) in [5, 5.41) is 0. The zero-order chi connectivity index (χ0) is 14.9. The van der Waals surface area contributed by atoms with E-state index in [0.29, 0.717) is 11.5 Å². The van der Waals surface area contributed by atoms with Gasteiger partial charge in [-0.2, -0.15) is 8.42 Å². The zero-order valence-corrected chi connectivity index (χ0v) is 12.6. The summed E-state index contributed by atoms with van der Waals surface area (Å²) in [5.41, 5.74) is 6.10. The third-order valence-electron chi connectivity index (χ3n) is 3.09. The van der Waals surface area contributed by atoms with Crippen molar-refractivity contribution in [2.75, 3.05) is 43.9 Å². The number of likely N-dealkylation sites (N-methyl/N-ethyl adjacent to an activating group) is 1. The Morgan fingerprint density at radius 1 is 1.38 bits per heavy atom. The molecule has 1 fully saturated rings. The van der Waals surface area contributed by atoms with Gasteiger partial charge in [-0.3, -0.25) is 10.3 Å². The van der Waals surface area contributed by atoms with Gasteiger partial charge in [-0.1, -0.05) is 4.98 Å². The molecule has 2 rings (SSSR count). The number of aryl methyl sites for hydroxylation is 1. The summed E-state index contributed by atoms with van der Waals surface area (Å²) in [7, 11) is -2.60. The monoisotopic (exact) mass is 321 g/mol. The Bertz CT molecular complexity index is 577. The fraction of sp³-hybridized carbons (Fsp3) is 0.600. The molecule has 0 aliphatic carbocycles. The maximum Gasteiger partial charge on any atom is 0.476 e. The van der Waals surface area contributed by atoms with Crippen molar-refractivity contribution in [2.45, 2.75) is 6.92 Å². The Kier molecular flexibility index (Phi) is 5.28. The van der Waals surface area contributed by atoms with Crippen molar-refractivity contribution in [1.82, 2.24) is 9.88 Å². The van der Waals surface area contributed by atoms with E-state index in [2.05, 4.69) is 19.1 Å². The Morgan fingerprint density at radius 3 is 2.43 bits per heavy atom. The van der Waals surface area contributed by atoms with Crippen molar-refractivity contribution in [1.29, 1.82) is 0 Å². The standard InChI is InChI=1S/C10H17N5O4S.H2O/c1-8-7-9(14-5-3-13(2)4-6-14)12-10(11)15(8)19-20(16,17)18;/h7,11H,3-6H2,1-2H3,(H,16,17,18);1H2. The van der Waals surface area contributed by atoms with Crippen LogP contribution in [0.1, 0.15) is 5.69 Å². The van der Waals surface area contributed by atoms with Gasteiger partial charge in [0, 0.05) is 32.2 Å². The maximum absolute atomic E-state index is 10.7. The molecule has 2 heterocycles. The molecule has 11 heteroatoms. The number of aromatic nitrogens is 2. The molecule has 1 aliphatic heterocycles.